The molecule has 2 aromatic rings. The maximum Gasteiger partial charge on any atom is 0.119 e. The van der Waals surface area contributed by atoms with Gasteiger partial charge in [-0.05, 0) is 42.5 Å². The van der Waals surface area contributed by atoms with Gasteiger partial charge in [-0.1, -0.05) is 0 Å². The Bertz CT molecular complexity index is 713. The smallest absolute Gasteiger partial charge is 0.119 e. The minimum absolute atomic E-state index is 0.600. The molecule has 0 radical (unpaired) electrons. The fourth-order valence-electron chi connectivity index (χ4n) is 2.91. The number of nitriles is 1. The van der Waals surface area contributed by atoms with Crippen molar-refractivity contribution < 1.29 is 4.74 Å². The Balaban J connectivity index is 1.67. The van der Waals surface area contributed by atoms with Crippen LogP contribution >= 0.6 is 0 Å². The number of piperazine rings is 1. The molecule has 23 heavy (non-hydrogen) atoms. The maximum absolute atomic E-state index is 8.93. The summed E-state index contributed by atoms with van der Waals surface area (Å²) in [7, 11) is 1.68. The number of ether oxygens (including phenoxy) is 1. The van der Waals surface area contributed by atoms with Crippen LogP contribution in [0.1, 0.15) is 5.56 Å². The number of nitrogens with zero attached hydrogens (tertiary/aromatic N) is 3. The average Bonchev–Trinajstić information content (AvgIpc) is 2.62. The summed E-state index contributed by atoms with van der Waals surface area (Å²) in [6.45, 7) is 3.68. The fourth-order valence-corrected chi connectivity index (χ4v) is 2.91. The molecule has 1 saturated heterocycles. The number of nitrogen functional groups attached to an aromatic ring is 1. The molecule has 5 heteroatoms. The molecule has 0 amide bonds. The first kappa shape index (κ1) is 15.0. The highest BCUT2D eigenvalue weighted by atomic mass is 16.5. The van der Waals surface area contributed by atoms with E-state index in [1.54, 1.807) is 13.2 Å². The Hall–Kier alpha value is -2.87. The molecule has 0 aromatic heterocycles. The van der Waals surface area contributed by atoms with Gasteiger partial charge in [0.1, 0.15) is 5.75 Å². The summed E-state index contributed by atoms with van der Waals surface area (Å²) in [5.41, 5.74) is 9.57. The summed E-state index contributed by atoms with van der Waals surface area (Å²) in [5.74, 6) is 0.873. The quantitative estimate of drug-likeness (QED) is 0.882. The van der Waals surface area contributed by atoms with Crippen LogP contribution in [0.15, 0.2) is 42.5 Å². The van der Waals surface area contributed by atoms with Gasteiger partial charge in [-0.15, -0.1) is 0 Å². The van der Waals surface area contributed by atoms with Gasteiger partial charge in [0.2, 0.25) is 0 Å². The highest BCUT2D eigenvalue weighted by Gasteiger charge is 2.19. The van der Waals surface area contributed by atoms with E-state index in [1.807, 2.05) is 24.3 Å². The molecule has 0 saturated carbocycles. The van der Waals surface area contributed by atoms with E-state index < -0.39 is 0 Å². The highest BCUT2D eigenvalue weighted by Crippen LogP contribution is 2.27. The lowest BCUT2D eigenvalue weighted by Crippen LogP contribution is -2.46. The predicted octanol–water partition coefficient (Wildman–Crippen LogP) is 2.48. The number of nitrogens with two attached hydrogens (primary N) is 1. The molecule has 0 bridgehead atoms. The standard InChI is InChI=1S/C18H20N4O/c1-23-16-5-3-15(4-6-16)21-8-10-22(11-9-21)18-7-2-14(13-19)12-17(18)20/h2-7,12H,8-11,20H2,1H3. The summed E-state index contributed by atoms with van der Waals surface area (Å²) in [6, 6.07) is 15.8. The third kappa shape index (κ3) is 3.16. The molecule has 0 atom stereocenters. The van der Waals surface area contributed by atoms with Crippen LogP contribution in [0, 0.1) is 11.3 Å². The first-order valence-corrected chi connectivity index (χ1v) is 7.65. The van der Waals surface area contributed by atoms with Crippen LogP contribution in [0.4, 0.5) is 17.1 Å². The van der Waals surface area contributed by atoms with Crippen molar-refractivity contribution in [2.75, 3.05) is 48.8 Å². The van der Waals surface area contributed by atoms with Crippen molar-refractivity contribution in [1.29, 1.82) is 5.26 Å². The molecule has 1 aliphatic heterocycles. The Labute approximate surface area is 136 Å². The summed E-state index contributed by atoms with van der Waals surface area (Å²) >= 11 is 0. The van der Waals surface area contributed by atoms with E-state index in [1.165, 1.54) is 5.69 Å². The van der Waals surface area contributed by atoms with Gasteiger partial charge >= 0.3 is 0 Å². The average molecular weight is 308 g/mol. The van der Waals surface area contributed by atoms with Crippen LogP contribution in [0.25, 0.3) is 0 Å². The number of hydrogen-bond donors (Lipinski definition) is 1. The van der Waals surface area contributed by atoms with E-state index in [0.717, 1.165) is 37.6 Å². The van der Waals surface area contributed by atoms with E-state index in [9.17, 15) is 0 Å². The zero-order chi connectivity index (χ0) is 16.2. The Morgan fingerprint density at radius 2 is 1.65 bits per heavy atom. The minimum atomic E-state index is 0.600. The molecule has 3 rings (SSSR count). The second kappa shape index (κ2) is 6.49. The van der Waals surface area contributed by atoms with Crippen molar-refractivity contribution >= 4 is 17.1 Å². The largest absolute Gasteiger partial charge is 0.497 e. The molecule has 2 N–H and O–H groups in total. The Morgan fingerprint density at radius 1 is 1.00 bits per heavy atom. The molecular weight excluding hydrogens is 288 g/mol. The normalized spacial score (nSPS) is 14.4. The van der Waals surface area contributed by atoms with Gasteiger partial charge < -0.3 is 20.3 Å². The van der Waals surface area contributed by atoms with Crippen molar-refractivity contribution in [2.24, 2.45) is 0 Å². The topological polar surface area (TPSA) is 65.5 Å². The molecule has 0 aliphatic carbocycles. The SMILES string of the molecule is COc1ccc(N2CCN(c3ccc(C#N)cc3N)CC2)cc1. The Kier molecular flexibility index (Phi) is 4.24. The van der Waals surface area contributed by atoms with E-state index in [2.05, 4.69) is 28.0 Å². The van der Waals surface area contributed by atoms with E-state index in [4.69, 9.17) is 15.7 Å². The molecule has 0 unspecified atom stereocenters. The number of rotatable bonds is 3. The van der Waals surface area contributed by atoms with Gasteiger partial charge in [-0.2, -0.15) is 5.26 Å². The third-order valence-electron chi connectivity index (χ3n) is 4.21. The molecule has 1 fully saturated rings. The lowest BCUT2D eigenvalue weighted by Gasteiger charge is -2.37. The summed E-state index contributed by atoms with van der Waals surface area (Å²) in [5, 5.41) is 8.93. The highest BCUT2D eigenvalue weighted by molar-refractivity contribution is 5.70. The van der Waals surface area contributed by atoms with Crippen molar-refractivity contribution in [1.82, 2.24) is 0 Å². The lowest BCUT2D eigenvalue weighted by molar-refractivity contribution is 0.415. The van der Waals surface area contributed by atoms with Gasteiger partial charge in [0.15, 0.2) is 0 Å². The van der Waals surface area contributed by atoms with Gasteiger partial charge in [-0.3, -0.25) is 0 Å². The zero-order valence-electron chi connectivity index (χ0n) is 13.2. The van der Waals surface area contributed by atoms with Gasteiger partial charge in [0.25, 0.3) is 0 Å². The molecule has 0 spiro atoms. The third-order valence-corrected chi connectivity index (χ3v) is 4.21. The lowest BCUT2D eigenvalue weighted by atomic mass is 10.1. The van der Waals surface area contributed by atoms with Gasteiger partial charge in [0.05, 0.1) is 30.1 Å². The minimum Gasteiger partial charge on any atom is -0.497 e. The summed E-state index contributed by atoms with van der Waals surface area (Å²) < 4.78 is 5.20. The molecule has 2 aromatic carbocycles. The van der Waals surface area contributed by atoms with Crippen molar-refractivity contribution in [2.45, 2.75) is 0 Å². The Morgan fingerprint density at radius 3 is 2.22 bits per heavy atom. The summed E-state index contributed by atoms with van der Waals surface area (Å²) in [4.78, 5) is 4.63. The van der Waals surface area contributed by atoms with E-state index in [0.29, 0.717) is 11.3 Å². The second-order valence-corrected chi connectivity index (χ2v) is 5.56. The summed E-state index contributed by atoms with van der Waals surface area (Å²) in [6.07, 6.45) is 0. The molecular formula is C18H20N4O. The number of methoxy groups -OCH3 is 1. The molecule has 1 aliphatic rings. The van der Waals surface area contributed by atoms with Crippen LogP contribution < -0.4 is 20.3 Å². The van der Waals surface area contributed by atoms with Crippen LogP contribution in [0.5, 0.6) is 5.75 Å². The first-order chi connectivity index (χ1) is 11.2. The zero-order valence-corrected chi connectivity index (χ0v) is 13.2. The molecule has 1 heterocycles. The first-order valence-electron chi connectivity index (χ1n) is 7.65. The monoisotopic (exact) mass is 308 g/mol. The van der Waals surface area contributed by atoms with Crippen molar-refractivity contribution in [3.8, 4) is 11.8 Å². The van der Waals surface area contributed by atoms with Gasteiger partial charge in [-0.25, -0.2) is 0 Å². The van der Waals surface area contributed by atoms with Crippen LogP contribution in [-0.2, 0) is 0 Å². The van der Waals surface area contributed by atoms with Crippen molar-refractivity contribution in [3.05, 3.63) is 48.0 Å². The molecule has 118 valence electrons. The number of benzene rings is 2. The van der Waals surface area contributed by atoms with E-state index in [-0.39, 0.29) is 0 Å². The van der Waals surface area contributed by atoms with Crippen molar-refractivity contribution in [3.63, 3.8) is 0 Å². The van der Waals surface area contributed by atoms with Gasteiger partial charge in [0, 0.05) is 31.9 Å². The second-order valence-electron chi connectivity index (χ2n) is 5.56. The van der Waals surface area contributed by atoms with Crippen LogP contribution in [0.2, 0.25) is 0 Å². The predicted molar refractivity (Wildman–Crippen MR) is 93.0 cm³/mol. The number of anilines is 3. The van der Waals surface area contributed by atoms with Crippen LogP contribution in [0.3, 0.4) is 0 Å². The van der Waals surface area contributed by atoms with E-state index >= 15 is 0 Å². The van der Waals surface area contributed by atoms with Crippen LogP contribution in [-0.4, -0.2) is 33.3 Å². The maximum atomic E-state index is 8.93. The fraction of sp³-hybridized carbons (Fsp3) is 0.278. The molecule has 5 nitrogen and oxygen atoms in total. The number of hydrogen-bond acceptors (Lipinski definition) is 5.